The molecule has 0 aromatic carbocycles. The second-order valence-corrected chi connectivity index (χ2v) is 5.99. The molecule has 1 atom stereocenters. The van der Waals surface area contributed by atoms with E-state index in [1.807, 2.05) is 0 Å². The Morgan fingerprint density at radius 2 is 1.81 bits per heavy atom. The molecule has 0 saturated carbocycles. The maximum atomic E-state index is 11.7. The summed E-state index contributed by atoms with van der Waals surface area (Å²) in [6, 6.07) is 0. The van der Waals surface area contributed by atoms with Crippen LogP contribution in [0.2, 0.25) is 0 Å². The molecule has 0 rings (SSSR count). The predicted molar refractivity (Wildman–Crippen MR) is 70.4 cm³/mol. The van der Waals surface area contributed by atoms with Gasteiger partial charge in [0.15, 0.2) is 0 Å². The Kier molecular flexibility index (Phi) is 7.65. The van der Waals surface area contributed by atoms with Crippen LogP contribution >= 0.6 is 0 Å². The number of nitrogens with two attached hydrogens (primary N) is 1. The van der Waals surface area contributed by atoms with Gasteiger partial charge in [-0.1, -0.05) is 34.1 Å². The van der Waals surface area contributed by atoms with Gasteiger partial charge < -0.3 is 5.73 Å². The van der Waals surface area contributed by atoms with Crippen LogP contribution in [0.25, 0.3) is 0 Å². The van der Waals surface area contributed by atoms with Gasteiger partial charge in [0.1, 0.15) is 5.78 Å². The average Bonchev–Trinajstić information content (AvgIpc) is 2.20. The van der Waals surface area contributed by atoms with Crippen LogP contribution < -0.4 is 5.73 Å². The van der Waals surface area contributed by atoms with Crippen LogP contribution in [-0.2, 0) is 4.79 Å². The fraction of sp³-hybridized carbons (Fsp3) is 0.929. The van der Waals surface area contributed by atoms with Gasteiger partial charge in [-0.3, -0.25) is 4.79 Å². The number of carbonyl (C=O) groups is 1. The van der Waals surface area contributed by atoms with Crippen molar-refractivity contribution in [2.75, 3.05) is 6.54 Å². The lowest BCUT2D eigenvalue weighted by Gasteiger charge is -2.17. The Morgan fingerprint density at radius 1 is 1.19 bits per heavy atom. The topological polar surface area (TPSA) is 43.1 Å². The molecule has 0 heterocycles. The summed E-state index contributed by atoms with van der Waals surface area (Å²) in [7, 11) is 0. The Bertz CT molecular complexity index is 193. The van der Waals surface area contributed by atoms with Crippen molar-refractivity contribution >= 4 is 5.78 Å². The highest BCUT2D eigenvalue weighted by Gasteiger charge is 2.14. The minimum absolute atomic E-state index is 0.275. The Balaban J connectivity index is 3.71. The van der Waals surface area contributed by atoms with Crippen LogP contribution in [0, 0.1) is 11.3 Å². The van der Waals surface area contributed by atoms with Gasteiger partial charge in [-0.05, 0) is 37.1 Å². The van der Waals surface area contributed by atoms with Crippen molar-refractivity contribution in [3.63, 3.8) is 0 Å². The second kappa shape index (κ2) is 7.83. The lowest BCUT2D eigenvalue weighted by molar-refractivity contribution is -0.119. The molecule has 0 aromatic heterocycles. The second-order valence-electron chi connectivity index (χ2n) is 5.99. The van der Waals surface area contributed by atoms with Gasteiger partial charge in [0.05, 0.1) is 0 Å². The highest BCUT2D eigenvalue weighted by molar-refractivity contribution is 5.78. The van der Waals surface area contributed by atoms with Gasteiger partial charge in [-0.15, -0.1) is 0 Å². The van der Waals surface area contributed by atoms with Crippen molar-refractivity contribution in [2.24, 2.45) is 17.1 Å². The van der Waals surface area contributed by atoms with Crippen molar-refractivity contribution in [1.29, 1.82) is 0 Å². The zero-order valence-corrected chi connectivity index (χ0v) is 11.5. The molecule has 0 aromatic rings. The first kappa shape index (κ1) is 15.6. The predicted octanol–water partition coefficient (Wildman–Crippen LogP) is 3.54. The van der Waals surface area contributed by atoms with E-state index in [4.69, 9.17) is 5.73 Å². The van der Waals surface area contributed by atoms with E-state index in [9.17, 15) is 4.79 Å². The number of hydrogen-bond acceptors (Lipinski definition) is 2. The van der Waals surface area contributed by atoms with Crippen LogP contribution in [0.1, 0.15) is 66.2 Å². The molecular weight excluding hydrogens is 198 g/mol. The van der Waals surface area contributed by atoms with E-state index < -0.39 is 0 Å². The highest BCUT2D eigenvalue weighted by Crippen LogP contribution is 2.22. The Labute approximate surface area is 101 Å². The van der Waals surface area contributed by atoms with E-state index in [0.717, 1.165) is 45.1 Å². The third-order valence-electron chi connectivity index (χ3n) is 3.14. The summed E-state index contributed by atoms with van der Waals surface area (Å²) in [5, 5.41) is 0. The van der Waals surface area contributed by atoms with Gasteiger partial charge in [0.25, 0.3) is 0 Å². The number of ketones is 1. The van der Waals surface area contributed by atoms with E-state index in [1.165, 1.54) is 0 Å². The van der Waals surface area contributed by atoms with Gasteiger partial charge in [-0.25, -0.2) is 0 Å². The summed E-state index contributed by atoms with van der Waals surface area (Å²) in [4.78, 5) is 11.7. The third kappa shape index (κ3) is 8.90. The standard InChI is InChI=1S/C14H29NO/c1-5-12(9-11-15)6-7-13(16)8-10-14(2,3)4/h12H,5-11,15H2,1-4H3. The van der Waals surface area contributed by atoms with Crippen LogP contribution in [0.15, 0.2) is 0 Å². The summed E-state index contributed by atoms with van der Waals surface area (Å²) in [5.41, 5.74) is 5.82. The van der Waals surface area contributed by atoms with Gasteiger partial charge in [0, 0.05) is 12.8 Å². The number of rotatable bonds is 8. The Hall–Kier alpha value is -0.370. The van der Waals surface area contributed by atoms with Crippen molar-refractivity contribution in [1.82, 2.24) is 0 Å². The van der Waals surface area contributed by atoms with Crippen molar-refractivity contribution in [3.8, 4) is 0 Å². The zero-order chi connectivity index (χ0) is 12.6. The minimum Gasteiger partial charge on any atom is -0.330 e. The van der Waals surface area contributed by atoms with E-state index in [-0.39, 0.29) is 5.41 Å². The number of hydrogen-bond donors (Lipinski definition) is 1. The molecule has 2 N–H and O–H groups in total. The van der Waals surface area contributed by atoms with Gasteiger partial charge >= 0.3 is 0 Å². The highest BCUT2D eigenvalue weighted by atomic mass is 16.1. The zero-order valence-electron chi connectivity index (χ0n) is 11.5. The van der Waals surface area contributed by atoms with Crippen LogP contribution in [0.3, 0.4) is 0 Å². The van der Waals surface area contributed by atoms with Crippen LogP contribution in [0.4, 0.5) is 0 Å². The monoisotopic (exact) mass is 227 g/mol. The first-order valence-corrected chi connectivity index (χ1v) is 6.60. The molecule has 96 valence electrons. The van der Waals surface area contributed by atoms with Crippen molar-refractivity contribution in [3.05, 3.63) is 0 Å². The van der Waals surface area contributed by atoms with Crippen molar-refractivity contribution < 1.29 is 4.79 Å². The minimum atomic E-state index is 0.275. The lowest BCUT2D eigenvalue weighted by Crippen LogP contribution is -2.12. The molecule has 0 aliphatic carbocycles. The lowest BCUT2D eigenvalue weighted by atomic mass is 9.88. The first-order chi connectivity index (χ1) is 7.39. The molecule has 0 aliphatic heterocycles. The molecule has 16 heavy (non-hydrogen) atoms. The van der Waals surface area contributed by atoms with Crippen molar-refractivity contribution in [2.45, 2.75) is 66.2 Å². The van der Waals surface area contributed by atoms with E-state index >= 15 is 0 Å². The molecule has 0 spiro atoms. The SMILES string of the molecule is CCC(CCN)CCC(=O)CCC(C)(C)C. The maximum Gasteiger partial charge on any atom is 0.132 e. The fourth-order valence-electron chi connectivity index (χ4n) is 1.79. The summed E-state index contributed by atoms with van der Waals surface area (Å²) >= 11 is 0. The molecule has 0 amide bonds. The van der Waals surface area contributed by atoms with Crippen LogP contribution in [-0.4, -0.2) is 12.3 Å². The molecule has 0 bridgehead atoms. The maximum absolute atomic E-state index is 11.7. The van der Waals surface area contributed by atoms with Gasteiger partial charge in [0.2, 0.25) is 0 Å². The molecular formula is C14H29NO. The molecule has 0 saturated heterocycles. The Morgan fingerprint density at radius 3 is 2.25 bits per heavy atom. The quantitative estimate of drug-likeness (QED) is 0.689. The molecule has 0 radical (unpaired) electrons. The van der Waals surface area contributed by atoms with E-state index in [2.05, 4.69) is 27.7 Å². The molecule has 2 heteroatoms. The molecule has 2 nitrogen and oxygen atoms in total. The van der Waals surface area contributed by atoms with E-state index in [0.29, 0.717) is 11.7 Å². The normalized spacial score (nSPS) is 13.8. The summed E-state index contributed by atoms with van der Waals surface area (Å²) in [6.07, 6.45) is 5.71. The number of carbonyl (C=O) groups excluding carboxylic acids is 1. The summed E-state index contributed by atoms with van der Waals surface area (Å²) < 4.78 is 0. The smallest absolute Gasteiger partial charge is 0.132 e. The summed E-state index contributed by atoms with van der Waals surface area (Å²) in [5.74, 6) is 1.06. The largest absolute Gasteiger partial charge is 0.330 e. The van der Waals surface area contributed by atoms with E-state index in [1.54, 1.807) is 0 Å². The number of Topliss-reactive ketones (excluding diaryl/α,β-unsaturated/α-hetero) is 1. The average molecular weight is 227 g/mol. The first-order valence-electron chi connectivity index (χ1n) is 6.60. The third-order valence-corrected chi connectivity index (χ3v) is 3.14. The molecule has 1 unspecified atom stereocenters. The fourth-order valence-corrected chi connectivity index (χ4v) is 1.79. The molecule has 0 aliphatic rings. The summed E-state index contributed by atoms with van der Waals surface area (Å²) in [6.45, 7) is 9.48. The molecule has 0 fully saturated rings. The van der Waals surface area contributed by atoms with Gasteiger partial charge in [-0.2, -0.15) is 0 Å². The van der Waals surface area contributed by atoms with Crippen LogP contribution in [0.5, 0.6) is 0 Å².